The number of ether oxygens (including phenoxy) is 1. The average molecular weight is 316 g/mol. The lowest BCUT2D eigenvalue weighted by Gasteiger charge is -2.25. The molecule has 0 aliphatic carbocycles. The first-order chi connectivity index (χ1) is 11.0. The van der Waals surface area contributed by atoms with Gasteiger partial charge in [0, 0.05) is 24.5 Å². The maximum atomic E-state index is 12.4. The highest BCUT2D eigenvalue weighted by Crippen LogP contribution is 2.17. The van der Waals surface area contributed by atoms with Crippen molar-refractivity contribution in [1.29, 1.82) is 0 Å². The van der Waals surface area contributed by atoms with Gasteiger partial charge in [-0.05, 0) is 26.1 Å². The van der Waals surface area contributed by atoms with Crippen LogP contribution in [0, 0.1) is 0 Å². The summed E-state index contributed by atoms with van der Waals surface area (Å²) in [6, 6.07) is 8.85. The van der Waals surface area contributed by atoms with E-state index in [9.17, 15) is 9.59 Å². The predicted molar refractivity (Wildman–Crippen MR) is 91.9 cm³/mol. The van der Waals surface area contributed by atoms with E-state index in [2.05, 4.69) is 18.7 Å². The second kappa shape index (κ2) is 7.42. The minimum Gasteiger partial charge on any atom is -0.460 e. The summed E-state index contributed by atoms with van der Waals surface area (Å²) >= 11 is 0. The second-order valence-corrected chi connectivity index (χ2v) is 5.64. The third-order valence-electron chi connectivity index (χ3n) is 4.27. The monoisotopic (exact) mass is 316 g/mol. The maximum Gasteiger partial charge on any atom is 0.339 e. The molecule has 0 spiro atoms. The molecular weight excluding hydrogens is 292 g/mol. The summed E-state index contributed by atoms with van der Waals surface area (Å²) in [5.74, 6) is -0.446. The van der Waals surface area contributed by atoms with Crippen molar-refractivity contribution in [2.75, 3.05) is 19.7 Å². The third kappa shape index (κ3) is 3.62. The Morgan fingerprint density at radius 1 is 1.26 bits per heavy atom. The molecule has 0 saturated heterocycles. The van der Waals surface area contributed by atoms with Gasteiger partial charge >= 0.3 is 5.97 Å². The normalized spacial score (nSPS) is 12.6. The van der Waals surface area contributed by atoms with Crippen LogP contribution < -0.4 is 5.56 Å². The molecule has 1 atom stereocenters. The molecule has 5 nitrogen and oxygen atoms in total. The number of para-hydroxylation sites is 1. The molecule has 1 aromatic heterocycles. The number of carbonyl (C=O) groups excluding carboxylic acids is 1. The quantitative estimate of drug-likeness (QED) is 0.768. The fraction of sp³-hybridized carbons (Fsp3) is 0.444. The zero-order valence-corrected chi connectivity index (χ0v) is 14.2. The molecule has 0 N–H and O–H groups in total. The summed E-state index contributed by atoms with van der Waals surface area (Å²) in [6.07, 6.45) is 0. The van der Waals surface area contributed by atoms with Crippen LogP contribution in [0.5, 0.6) is 0 Å². The SMILES string of the molecule is CCN(CC)C(C)COC(=O)c1cc(=O)n(C)c2ccccc12. The molecule has 0 saturated carbocycles. The lowest BCUT2D eigenvalue weighted by Crippen LogP contribution is -2.36. The van der Waals surface area contributed by atoms with Crippen molar-refractivity contribution < 1.29 is 9.53 Å². The molecule has 0 amide bonds. The first-order valence-corrected chi connectivity index (χ1v) is 7.99. The Balaban J connectivity index is 2.25. The van der Waals surface area contributed by atoms with E-state index in [-0.39, 0.29) is 11.6 Å². The van der Waals surface area contributed by atoms with Crippen LogP contribution in [0.15, 0.2) is 35.1 Å². The topological polar surface area (TPSA) is 51.5 Å². The molecule has 23 heavy (non-hydrogen) atoms. The van der Waals surface area contributed by atoms with Crippen LogP contribution in [0.1, 0.15) is 31.1 Å². The van der Waals surface area contributed by atoms with Gasteiger partial charge in [0.05, 0.1) is 11.1 Å². The summed E-state index contributed by atoms with van der Waals surface area (Å²) in [7, 11) is 1.70. The summed E-state index contributed by atoms with van der Waals surface area (Å²) in [6.45, 7) is 8.31. The smallest absolute Gasteiger partial charge is 0.339 e. The molecule has 1 aromatic carbocycles. The number of aromatic nitrogens is 1. The van der Waals surface area contributed by atoms with Gasteiger partial charge in [-0.3, -0.25) is 9.69 Å². The van der Waals surface area contributed by atoms with Gasteiger partial charge in [-0.2, -0.15) is 0 Å². The fourth-order valence-corrected chi connectivity index (χ4v) is 2.81. The number of fused-ring (bicyclic) bond motifs is 1. The van der Waals surface area contributed by atoms with Gasteiger partial charge in [0.25, 0.3) is 5.56 Å². The number of rotatable bonds is 6. The molecule has 0 aliphatic rings. The molecule has 5 heteroatoms. The van der Waals surface area contributed by atoms with Crippen LogP contribution >= 0.6 is 0 Å². The van der Waals surface area contributed by atoms with Crippen molar-refractivity contribution in [2.45, 2.75) is 26.8 Å². The Morgan fingerprint density at radius 2 is 1.91 bits per heavy atom. The van der Waals surface area contributed by atoms with Crippen LogP contribution in [0.3, 0.4) is 0 Å². The standard InChI is InChI=1S/C18H24N2O3/c1-5-20(6-2)13(3)12-23-18(22)15-11-17(21)19(4)16-10-8-7-9-14(15)16/h7-11,13H,5-6,12H2,1-4H3. The van der Waals surface area contributed by atoms with Crippen LogP contribution in [0.25, 0.3) is 10.9 Å². The molecule has 2 aromatic rings. The van der Waals surface area contributed by atoms with E-state index in [0.29, 0.717) is 12.2 Å². The second-order valence-electron chi connectivity index (χ2n) is 5.64. The zero-order valence-electron chi connectivity index (χ0n) is 14.2. The zero-order chi connectivity index (χ0) is 17.0. The van der Waals surface area contributed by atoms with E-state index in [0.717, 1.165) is 24.0 Å². The highest BCUT2D eigenvalue weighted by Gasteiger charge is 2.17. The average Bonchev–Trinajstić information content (AvgIpc) is 2.57. The van der Waals surface area contributed by atoms with Crippen LogP contribution in [0.4, 0.5) is 0 Å². The van der Waals surface area contributed by atoms with E-state index in [1.807, 2.05) is 31.2 Å². The van der Waals surface area contributed by atoms with Crippen molar-refractivity contribution in [3.8, 4) is 0 Å². The van der Waals surface area contributed by atoms with Gasteiger partial charge in [0.2, 0.25) is 0 Å². The minimum absolute atomic E-state index is 0.145. The Bertz CT molecular complexity index is 748. The van der Waals surface area contributed by atoms with Crippen molar-refractivity contribution in [2.24, 2.45) is 7.05 Å². The van der Waals surface area contributed by atoms with E-state index in [1.54, 1.807) is 7.05 Å². The van der Waals surface area contributed by atoms with E-state index >= 15 is 0 Å². The highest BCUT2D eigenvalue weighted by molar-refractivity contribution is 6.03. The fourth-order valence-electron chi connectivity index (χ4n) is 2.81. The number of hydrogen-bond acceptors (Lipinski definition) is 4. The molecule has 1 unspecified atom stereocenters. The lowest BCUT2D eigenvalue weighted by atomic mass is 10.1. The predicted octanol–water partition coefficient (Wildman–Crippen LogP) is 2.43. The van der Waals surface area contributed by atoms with E-state index < -0.39 is 5.97 Å². The Morgan fingerprint density at radius 3 is 2.57 bits per heavy atom. The molecule has 1 heterocycles. The summed E-state index contributed by atoms with van der Waals surface area (Å²) in [5, 5.41) is 0.732. The number of pyridine rings is 1. The molecule has 0 aliphatic heterocycles. The van der Waals surface area contributed by atoms with Gasteiger partial charge < -0.3 is 9.30 Å². The number of carbonyl (C=O) groups is 1. The molecule has 124 valence electrons. The largest absolute Gasteiger partial charge is 0.460 e. The maximum absolute atomic E-state index is 12.4. The van der Waals surface area contributed by atoms with Crippen molar-refractivity contribution >= 4 is 16.9 Å². The summed E-state index contributed by atoms with van der Waals surface area (Å²) < 4.78 is 6.98. The summed E-state index contributed by atoms with van der Waals surface area (Å²) in [5.41, 5.74) is 0.839. The van der Waals surface area contributed by atoms with Gasteiger partial charge in [0.15, 0.2) is 0 Å². The molecule has 0 radical (unpaired) electrons. The number of nitrogens with zero attached hydrogens (tertiary/aromatic N) is 2. The Labute approximate surface area is 136 Å². The van der Waals surface area contributed by atoms with E-state index in [1.165, 1.54) is 10.6 Å². The number of likely N-dealkylation sites (N-methyl/N-ethyl adjacent to an activating group) is 1. The Kier molecular flexibility index (Phi) is 5.55. The van der Waals surface area contributed by atoms with Crippen molar-refractivity contribution in [3.05, 3.63) is 46.2 Å². The van der Waals surface area contributed by atoms with Gasteiger partial charge in [-0.25, -0.2) is 4.79 Å². The van der Waals surface area contributed by atoms with Crippen molar-refractivity contribution in [1.82, 2.24) is 9.47 Å². The molecule has 2 rings (SSSR count). The number of esters is 1. The lowest BCUT2D eigenvalue weighted by molar-refractivity contribution is 0.0383. The molecular formula is C18H24N2O3. The highest BCUT2D eigenvalue weighted by atomic mass is 16.5. The summed E-state index contributed by atoms with van der Waals surface area (Å²) in [4.78, 5) is 26.7. The minimum atomic E-state index is -0.446. The van der Waals surface area contributed by atoms with Crippen LogP contribution in [-0.4, -0.2) is 41.2 Å². The molecule has 0 bridgehead atoms. The van der Waals surface area contributed by atoms with Gasteiger partial charge in [0.1, 0.15) is 6.61 Å². The number of hydrogen-bond donors (Lipinski definition) is 0. The Hall–Kier alpha value is -2.14. The van der Waals surface area contributed by atoms with Gasteiger partial charge in [-0.15, -0.1) is 0 Å². The molecule has 0 fully saturated rings. The number of aryl methyl sites for hydroxylation is 1. The van der Waals surface area contributed by atoms with Gasteiger partial charge in [-0.1, -0.05) is 32.0 Å². The van der Waals surface area contributed by atoms with Crippen LogP contribution in [-0.2, 0) is 11.8 Å². The first kappa shape index (κ1) is 17.2. The first-order valence-electron chi connectivity index (χ1n) is 7.99. The van der Waals surface area contributed by atoms with Crippen LogP contribution in [0.2, 0.25) is 0 Å². The van der Waals surface area contributed by atoms with E-state index in [4.69, 9.17) is 4.74 Å². The third-order valence-corrected chi connectivity index (χ3v) is 4.27. The van der Waals surface area contributed by atoms with Crippen molar-refractivity contribution in [3.63, 3.8) is 0 Å². The number of benzene rings is 1.